The average Bonchev–Trinajstić information content (AvgIpc) is 3.33. The van der Waals surface area contributed by atoms with Crippen molar-refractivity contribution in [1.82, 2.24) is 0 Å². The summed E-state index contributed by atoms with van der Waals surface area (Å²) in [6, 6.07) is 16.1. The number of hydrogen-bond acceptors (Lipinski definition) is 0. The van der Waals surface area contributed by atoms with E-state index in [0.29, 0.717) is 5.41 Å². The predicted octanol–water partition coefficient (Wildman–Crippen LogP) is 3.78. The maximum absolute atomic E-state index is 3.16. The quantitative estimate of drug-likeness (QED) is 0.344. The van der Waals surface area contributed by atoms with Gasteiger partial charge in [0.1, 0.15) is 0 Å². The van der Waals surface area contributed by atoms with E-state index in [2.05, 4.69) is 137 Å². The van der Waals surface area contributed by atoms with E-state index in [0.717, 1.165) is 6.42 Å². The molecule has 0 spiro atoms. The van der Waals surface area contributed by atoms with Crippen LogP contribution in [0.1, 0.15) is 93.7 Å². The average molecular weight is 603 g/mol. The third-order valence-electron chi connectivity index (χ3n) is 6.00. The Kier molecular flexibility index (Phi) is 13.4. The molecule has 0 bridgehead atoms. The van der Waals surface area contributed by atoms with E-state index in [1.807, 2.05) is 0 Å². The second-order valence-corrected chi connectivity index (χ2v) is 15.2. The van der Waals surface area contributed by atoms with Crippen LogP contribution in [0.25, 0.3) is 21.5 Å². The van der Waals surface area contributed by atoms with Gasteiger partial charge in [-0.3, -0.25) is 6.08 Å². The molecule has 3 heteroatoms. The Morgan fingerprint density at radius 1 is 0.722 bits per heavy atom. The molecule has 0 aromatic heterocycles. The van der Waals surface area contributed by atoms with Crippen LogP contribution in [-0.4, -0.2) is 3.21 Å². The van der Waals surface area contributed by atoms with Crippen LogP contribution in [0.15, 0.2) is 60.2 Å². The molecule has 1 aliphatic carbocycles. The van der Waals surface area contributed by atoms with Crippen LogP contribution in [0.5, 0.6) is 0 Å². The molecule has 0 saturated carbocycles. The molecule has 0 amide bonds. The Balaban J connectivity index is 0.000000686. The number of hydrogen-bond donors (Lipinski definition) is 0. The first-order valence-corrected chi connectivity index (χ1v) is 13.7. The molecule has 0 nitrogen and oxygen atoms in total. The van der Waals surface area contributed by atoms with Gasteiger partial charge < -0.3 is 24.8 Å². The minimum absolute atomic E-state index is 0. The van der Waals surface area contributed by atoms with Crippen LogP contribution in [0.4, 0.5) is 0 Å². The molecule has 0 saturated heterocycles. The van der Waals surface area contributed by atoms with Gasteiger partial charge in [0, 0.05) is 0 Å². The van der Waals surface area contributed by atoms with Crippen LogP contribution in [-0.2, 0) is 35.1 Å². The maximum Gasteiger partial charge on any atom is -1.00 e. The summed E-state index contributed by atoms with van der Waals surface area (Å²) in [6.07, 6.45) is 8.50. The van der Waals surface area contributed by atoms with Gasteiger partial charge >= 0.3 is 41.3 Å². The summed E-state index contributed by atoms with van der Waals surface area (Å²) in [5.41, 5.74) is 4.94. The largest absolute Gasteiger partial charge is 1.00 e. The van der Waals surface area contributed by atoms with Crippen LogP contribution in [0, 0.1) is 11.5 Å². The van der Waals surface area contributed by atoms with Gasteiger partial charge in [-0.2, -0.15) is 11.6 Å². The van der Waals surface area contributed by atoms with Gasteiger partial charge in [-0.25, -0.2) is 6.08 Å². The van der Waals surface area contributed by atoms with Gasteiger partial charge in [0.15, 0.2) is 0 Å². The molecule has 0 atom stereocenters. The zero-order valence-corrected chi connectivity index (χ0v) is 28.1. The van der Waals surface area contributed by atoms with Crippen LogP contribution in [0.3, 0.4) is 0 Å². The molecule has 4 rings (SSSR count). The first-order chi connectivity index (χ1) is 15.5. The van der Waals surface area contributed by atoms with E-state index >= 15 is 0 Å². The van der Waals surface area contributed by atoms with Crippen molar-refractivity contribution in [3.63, 3.8) is 0 Å². The first kappa shape index (κ1) is 35.1. The summed E-state index contributed by atoms with van der Waals surface area (Å²) in [6.45, 7) is 24.6. The summed E-state index contributed by atoms with van der Waals surface area (Å²) in [5, 5.41) is 5.49. The molecule has 36 heavy (non-hydrogen) atoms. The fraction of sp³-hybridized carbons (Fsp3) is 0.455. The number of rotatable bonds is 0. The fourth-order valence-corrected chi connectivity index (χ4v) is 3.85. The minimum atomic E-state index is 0. The molecule has 0 unspecified atom stereocenters. The Morgan fingerprint density at radius 3 is 1.36 bits per heavy atom. The van der Waals surface area contributed by atoms with Gasteiger partial charge in [-0.05, 0) is 10.8 Å². The molecular weight excluding hydrogens is 558 g/mol. The molecular formula is C33H44Cl2Zr-2. The fourth-order valence-electron chi connectivity index (χ4n) is 3.85. The van der Waals surface area contributed by atoms with E-state index in [1.165, 1.54) is 41.5 Å². The Labute approximate surface area is 248 Å². The van der Waals surface area contributed by atoms with Gasteiger partial charge in [0.25, 0.3) is 0 Å². The smallest absolute Gasteiger partial charge is 1.00 e. The van der Waals surface area contributed by atoms with Crippen molar-refractivity contribution in [3.05, 3.63) is 77.4 Å². The molecule has 0 radical (unpaired) electrons. The van der Waals surface area contributed by atoms with Crippen molar-refractivity contribution in [3.8, 4) is 0 Å². The molecule has 1 aliphatic rings. The molecule has 0 N–H and O–H groups in total. The SMILES string of the molecule is CC(C)(C)C1=CC[C-]=C1.CC(C)(C)c1ccc2[cH-]c3ccc(C(C)(C)C)cc3c2c1.C[C](C)=[Zr+2].[Cl-].[Cl-]. The van der Waals surface area contributed by atoms with Gasteiger partial charge in [0.2, 0.25) is 0 Å². The topological polar surface area (TPSA) is 0 Å². The van der Waals surface area contributed by atoms with E-state index in [1.54, 1.807) is 24.2 Å². The third-order valence-corrected chi connectivity index (χ3v) is 6.00. The van der Waals surface area contributed by atoms with Crippen molar-refractivity contribution >= 4 is 24.8 Å². The molecule has 0 heterocycles. The van der Waals surface area contributed by atoms with E-state index < -0.39 is 0 Å². The molecule has 0 fully saturated rings. The molecule has 0 aliphatic heterocycles. The summed E-state index contributed by atoms with van der Waals surface area (Å²) in [4.78, 5) is 0. The zero-order chi connectivity index (χ0) is 25.9. The Morgan fingerprint density at radius 2 is 1.11 bits per heavy atom. The summed E-state index contributed by atoms with van der Waals surface area (Å²) < 4.78 is 1.51. The zero-order valence-electron chi connectivity index (χ0n) is 24.2. The second-order valence-electron chi connectivity index (χ2n) is 12.7. The third kappa shape index (κ3) is 10.1. The van der Waals surface area contributed by atoms with Crippen molar-refractivity contribution < 1.29 is 49.0 Å². The molecule has 196 valence electrons. The van der Waals surface area contributed by atoms with Crippen LogP contribution in [0.2, 0.25) is 0 Å². The summed E-state index contributed by atoms with van der Waals surface area (Å²) >= 11 is 1.55. The number of benzene rings is 2. The predicted molar refractivity (Wildman–Crippen MR) is 151 cm³/mol. The standard InChI is InChI=1S/C21H25.C9H13.C3H6.2ClH.Zr/c1-20(2,3)16-9-7-14-11-15-8-10-17(21(4,5)6)13-19(15)18(14)12-16;1-9(2,3)8-6-4-5-7-8;1-3-2;;;/h7-13H,1-6H3;6-7H,4H2,1-3H3;1-2H3;2*1H;/q2*-1;;;;+2/p-2. The summed E-state index contributed by atoms with van der Waals surface area (Å²) in [5.74, 6) is 0. The number of fused-ring (bicyclic) bond motifs is 3. The summed E-state index contributed by atoms with van der Waals surface area (Å²) in [7, 11) is 0. The number of allylic oxidation sites excluding steroid dienone is 4. The number of halogens is 2. The van der Waals surface area contributed by atoms with Gasteiger partial charge in [-0.15, -0.1) is 46.2 Å². The van der Waals surface area contributed by atoms with Crippen molar-refractivity contribution in [2.24, 2.45) is 5.41 Å². The van der Waals surface area contributed by atoms with Crippen molar-refractivity contribution in [2.75, 3.05) is 0 Å². The van der Waals surface area contributed by atoms with Gasteiger partial charge in [-0.1, -0.05) is 103 Å². The second kappa shape index (κ2) is 13.8. The van der Waals surface area contributed by atoms with E-state index in [-0.39, 0.29) is 35.6 Å². The van der Waals surface area contributed by atoms with Gasteiger partial charge in [0.05, 0.1) is 0 Å². The maximum atomic E-state index is 3.16. The first-order valence-electron chi connectivity index (χ1n) is 12.4. The Bertz CT molecular complexity index is 1130. The molecule has 3 aromatic rings. The van der Waals surface area contributed by atoms with Crippen LogP contribution >= 0.6 is 0 Å². The Hall–Kier alpha value is -0.877. The van der Waals surface area contributed by atoms with Crippen molar-refractivity contribution in [1.29, 1.82) is 0 Å². The van der Waals surface area contributed by atoms with E-state index in [9.17, 15) is 0 Å². The van der Waals surface area contributed by atoms with Crippen molar-refractivity contribution in [2.45, 2.75) is 93.4 Å². The van der Waals surface area contributed by atoms with Crippen LogP contribution < -0.4 is 24.8 Å². The minimum Gasteiger partial charge on any atom is -1.00 e. The normalized spacial score (nSPS) is 13.1. The van der Waals surface area contributed by atoms with E-state index in [4.69, 9.17) is 0 Å². The monoisotopic (exact) mass is 600 g/mol. The molecule has 3 aromatic carbocycles.